The molecule has 0 aliphatic heterocycles. The van der Waals surface area contributed by atoms with Crippen LogP contribution in [0, 0.1) is 0 Å². The number of hydrogen-bond acceptors (Lipinski definition) is 3. The molecule has 96 valence electrons. The molecule has 0 amide bonds. The maximum absolute atomic E-state index is 12.5. The van der Waals surface area contributed by atoms with Gasteiger partial charge >= 0.3 is 0 Å². The molecule has 0 N–H and O–H groups in total. The van der Waals surface area contributed by atoms with E-state index in [1.54, 1.807) is 42.5 Å². The number of aromatic nitrogens is 2. The van der Waals surface area contributed by atoms with Gasteiger partial charge in [-0.25, -0.2) is 17.4 Å². The Morgan fingerprint density at radius 1 is 1.05 bits per heavy atom. The van der Waals surface area contributed by atoms with Gasteiger partial charge in [0.25, 0.3) is 10.0 Å². The average molecular weight is 293 g/mol. The van der Waals surface area contributed by atoms with E-state index in [2.05, 4.69) is 4.98 Å². The smallest absolute Gasteiger partial charge is 0.244 e. The summed E-state index contributed by atoms with van der Waals surface area (Å²) in [7, 11) is -3.61. The van der Waals surface area contributed by atoms with E-state index in [9.17, 15) is 8.42 Å². The molecule has 1 aromatic carbocycles. The second-order valence-corrected chi connectivity index (χ2v) is 6.14. The molecule has 6 heteroatoms. The Morgan fingerprint density at radius 2 is 1.79 bits per heavy atom. The van der Waals surface area contributed by atoms with Crippen LogP contribution in [0.15, 0.2) is 59.8 Å². The lowest BCUT2D eigenvalue weighted by Crippen LogP contribution is -2.11. The Kier molecular flexibility index (Phi) is 2.80. The van der Waals surface area contributed by atoms with Gasteiger partial charge in [0.15, 0.2) is 0 Å². The summed E-state index contributed by atoms with van der Waals surface area (Å²) in [6.45, 7) is 0. The highest BCUT2D eigenvalue weighted by Gasteiger charge is 2.19. The number of halogens is 1. The molecule has 3 aromatic rings. The molecule has 0 radical (unpaired) electrons. The molecular weight excluding hydrogens is 284 g/mol. The molecule has 0 aliphatic rings. The standard InChI is InChI=1S/C13H9ClN2O2S/c14-13-11-7-9-16(12(11)6-8-15-13)19(17,18)10-4-2-1-3-5-10/h1-9H. The lowest BCUT2D eigenvalue weighted by Gasteiger charge is -2.07. The molecular formula is C13H9ClN2O2S. The Bertz CT molecular complexity index is 841. The first-order valence-electron chi connectivity index (χ1n) is 5.53. The molecule has 0 bridgehead atoms. The zero-order valence-corrected chi connectivity index (χ0v) is 11.3. The van der Waals surface area contributed by atoms with Gasteiger partial charge in [-0.3, -0.25) is 0 Å². The van der Waals surface area contributed by atoms with E-state index in [0.29, 0.717) is 16.1 Å². The quantitative estimate of drug-likeness (QED) is 0.682. The highest BCUT2D eigenvalue weighted by atomic mass is 35.5. The minimum atomic E-state index is -3.61. The fraction of sp³-hybridized carbons (Fsp3) is 0. The summed E-state index contributed by atoms with van der Waals surface area (Å²) < 4.78 is 26.3. The third-order valence-electron chi connectivity index (χ3n) is 2.83. The molecule has 0 atom stereocenters. The summed E-state index contributed by atoms with van der Waals surface area (Å²) in [5.41, 5.74) is 0.517. The molecule has 0 saturated carbocycles. The van der Waals surface area contributed by atoms with Crippen LogP contribution in [0.25, 0.3) is 10.9 Å². The molecule has 19 heavy (non-hydrogen) atoms. The fourth-order valence-electron chi connectivity index (χ4n) is 1.92. The van der Waals surface area contributed by atoms with E-state index < -0.39 is 10.0 Å². The molecule has 2 heterocycles. The summed E-state index contributed by atoms with van der Waals surface area (Å²) in [4.78, 5) is 4.17. The molecule has 0 fully saturated rings. The van der Waals surface area contributed by atoms with Gasteiger partial charge in [-0.1, -0.05) is 29.8 Å². The molecule has 0 saturated heterocycles. The van der Waals surface area contributed by atoms with Crippen LogP contribution in [0.1, 0.15) is 0 Å². The highest BCUT2D eigenvalue weighted by Crippen LogP contribution is 2.25. The van der Waals surface area contributed by atoms with Gasteiger partial charge in [0.2, 0.25) is 0 Å². The first-order chi connectivity index (χ1) is 9.10. The number of pyridine rings is 1. The van der Waals surface area contributed by atoms with Crippen molar-refractivity contribution in [2.45, 2.75) is 4.90 Å². The van der Waals surface area contributed by atoms with Crippen LogP contribution >= 0.6 is 11.6 Å². The monoisotopic (exact) mass is 292 g/mol. The van der Waals surface area contributed by atoms with E-state index >= 15 is 0 Å². The lowest BCUT2D eigenvalue weighted by atomic mass is 10.3. The molecule has 0 spiro atoms. The van der Waals surface area contributed by atoms with E-state index in [1.807, 2.05) is 0 Å². The Morgan fingerprint density at radius 3 is 2.53 bits per heavy atom. The largest absolute Gasteiger partial charge is 0.268 e. The van der Waals surface area contributed by atoms with Crippen molar-refractivity contribution in [3.63, 3.8) is 0 Å². The molecule has 3 rings (SSSR count). The lowest BCUT2D eigenvalue weighted by molar-refractivity contribution is 0.589. The van der Waals surface area contributed by atoms with Crippen molar-refractivity contribution in [2.75, 3.05) is 0 Å². The molecule has 0 aliphatic carbocycles. The van der Waals surface area contributed by atoms with E-state index in [1.165, 1.54) is 16.4 Å². The predicted molar refractivity (Wildman–Crippen MR) is 73.8 cm³/mol. The Hall–Kier alpha value is -1.85. The first-order valence-corrected chi connectivity index (χ1v) is 7.35. The molecule has 0 unspecified atom stereocenters. The summed E-state index contributed by atoms with van der Waals surface area (Å²) in [6.07, 6.45) is 2.97. The second-order valence-electron chi connectivity index (χ2n) is 3.96. The fourth-order valence-corrected chi connectivity index (χ4v) is 3.51. The van der Waals surface area contributed by atoms with Crippen LogP contribution in [0.5, 0.6) is 0 Å². The van der Waals surface area contributed by atoms with Crippen molar-refractivity contribution >= 4 is 32.5 Å². The van der Waals surface area contributed by atoms with Crippen LogP contribution in [0.3, 0.4) is 0 Å². The molecule has 2 aromatic heterocycles. The van der Waals surface area contributed by atoms with Gasteiger partial charge in [0, 0.05) is 17.8 Å². The number of hydrogen-bond donors (Lipinski definition) is 0. The number of benzene rings is 1. The van der Waals surface area contributed by atoms with Crippen molar-refractivity contribution < 1.29 is 8.42 Å². The normalized spacial score (nSPS) is 11.8. The Labute approximate surface area is 115 Å². The van der Waals surface area contributed by atoms with Crippen LogP contribution in [-0.4, -0.2) is 17.4 Å². The third-order valence-corrected chi connectivity index (χ3v) is 4.84. The van der Waals surface area contributed by atoms with Gasteiger partial charge in [-0.15, -0.1) is 0 Å². The van der Waals surface area contributed by atoms with E-state index in [4.69, 9.17) is 11.6 Å². The van der Waals surface area contributed by atoms with Crippen molar-refractivity contribution in [3.8, 4) is 0 Å². The van der Waals surface area contributed by atoms with Crippen molar-refractivity contribution in [3.05, 3.63) is 60.0 Å². The minimum Gasteiger partial charge on any atom is -0.244 e. The van der Waals surface area contributed by atoms with E-state index in [-0.39, 0.29) is 4.90 Å². The third kappa shape index (κ3) is 1.91. The topological polar surface area (TPSA) is 52.0 Å². The zero-order valence-electron chi connectivity index (χ0n) is 9.69. The van der Waals surface area contributed by atoms with Crippen LogP contribution in [0.2, 0.25) is 5.15 Å². The van der Waals surface area contributed by atoms with E-state index in [0.717, 1.165) is 0 Å². The zero-order chi connectivity index (χ0) is 13.5. The van der Waals surface area contributed by atoms with Gasteiger partial charge in [-0.05, 0) is 24.3 Å². The van der Waals surface area contributed by atoms with Crippen molar-refractivity contribution in [2.24, 2.45) is 0 Å². The number of nitrogens with zero attached hydrogens (tertiary/aromatic N) is 2. The van der Waals surface area contributed by atoms with Gasteiger partial charge < -0.3 is 0 Å². The minimum absolute atomic E-state index is 0.237. The van der Waals surface area contributed by atoms with Gasteiger partial charge in [-0.2, -0.15) is 0 Å². The van der Waals surface area contributed by atoms with Crippen molar-refractivity contribution in [1.82, 2.24) is 8.96 Å². The van der Waals surface area contributed by atoms with Gasteiger partial charge in [0.1, 0.15) is 5.15 Å². The van der Waals surface area contributed by atoms with Crippen LogP contribution in [-0.2, 0) is 10.0 Å². The summed E-state index contributed by atoms with van der Waals surface area (Å²) in [5.74, 6) is 0. The Balaban J connectivity index is 2.29. The summed E-state index contributed by atoms with van der Waals surface area (Å²) in [5, 5.41) is 0.906. The highest BCUT2D eigenvalue weighted by molar-refractivity contribution is 7.90. The van der Waals surface area contributed by atoms with Gasteiger partial charge in [0.05, 0.1) is 10.4 Å². The maximum Gasteiger partial charge on any atom is 0.268 e. The number of fused-ring (bicyclic) bond motifs is 1. The average Bonchev–Trinajstić information content (AvgIpc) is 2.86. The van der Waals surface area contributed by atoms with Crippen LogP contribution < -0.4 is 0 Å². The summed E-state index contributed by atoms with van der Waals surface area (Å²) in [6, 6.07) is 11.5. The SMILES string of the molecule is O=S(=O)(c1ccccc1)n1ccc2c(Cl)nccc21. The molecule has 4 nitrogen and oxygen atoms in total. The first kappa shape index (κ1) is 12.2. The van der Waals surface area contributed by atoms with Crippen molar-refractivity contribution in [1.29, 1.82) is 0 Å². The second kappa shape index (κ2) is 4.36. The number of rotatable bonds is 2. The summed E-state index contributed by atoms with van der Waals surface area (Å²) >= 11 is 5.95. The predicted octanol–water partition coefficient (Wildman–Crippen LogP) is 2.93. The van der Waals surface area contributed by atoms with Crippen LogP contribution in [0.4, 0.5) is 0 Å². The maximum atomic E-state index is 12.5.